The summed E-state index contributed by atoms with van der Waals surface area (Å²) in [6.45, 7) is 1.68. The molecule has 0 aromatic rings. The molecule has 1 atom stereocenters. The Balaban J connectivity index is 4.19. The predicted molar refractivity (Wildman–Crippen MR) is 51.2 cm³/mol. The predicted octanol–water partition coefficient (Wildman–Crippen LogP) is 0.178. The van der Waals surface area contributed by atoms with Gasteiger partial charge in [0.2, 0.25) is 0 Å². The van der Waals surface area contributed by atoms with Crippen LogP contribution in [0.25, 0.3) is 0 Å². The second-order valence-corrected chi connectivity index (χ2v) is 6.17. The molecule has 0 aliphatic rings. The van der Waals surface area contributed by atoms with Crippen LogP contribution in [-0.2, 0) is 20.2 Å². The molecule has 0 aliphatic carbocycles. The molecule has 1 unspecified atom stereocenters. The van der Waals surface area contributed by atoms with Crippen molar-refractivity contribution in [3.05, 3.63) is 0 Å². The summed E-state index contributed by atoms with van der Waals surface area (Å²) < 4.78 is 58.6. The van der Waals surface area contributed by atoms with E-state index in [0.29, 0.717) is 6.42 Å². The molecule has 0 bridgehead atoms. The molecule has 2 N–H and O–H groups in total. The Morgan fingerprint density at radius 1 is 1.07 bits per heavy atom. The largest absolute Gasteiger partial charge is 0.286 e. The Hall–Kier alpha value is -0.180. The van der Waals surface area contributed by atoms with Crippen molar-refractivity contribution in [2.75, 3.05) is 11.5 Å². The summed E-state index contributed by atoms with van der Waals surface area (Å²) in [7, 11) is -8.14. The van der Waals surface area contributed by atoms with Crippen molar-refractivity contribution in [3.8, 4) is 0 Å². The molecule has 0 amide bonds. The highest BCUT2D eigenvalue weighted by Gasteiger charge is 2.17. The lowest BCUT2D eigenvalue weighted by molar-refractivity contribution is 0.443. The van der Waals surface area contributed by atoms with Crippen LogP contribution in [0.3, 0.4) is 0 Å². The van der Waals surface area contributed by atoms with Gasteiger partial charge in [-0.25, -0.2) is 0 Å². The standard InChI is InChI=1S/C6H14O6S2/c1-2-6(5-14(10,11)12)3-4-13(7,8)9/h6H,2-5H2,1H3,(H,7,8,9)(H,10,11,12). The Morgan fingerprint density at radius 2 is 1.57 bits per heavy atom. The number of rotatable bonds is 6. The lowest BCUT2D eigenvalue weighted by Crippen LogP contribution is -2.18. The molecule has 86 valence electrons. The first-order chi connectivity index (χ1) is 6.14. The minimum absolute atomic E-state index is 0.0229. The lowest BCUT2D eigenvalue weighted by atomic mass is 10.1. The van der Waals surface area contributed by atoms with Gasteiger partial charge in [-0.15, -0.1) is 0 Å². The van der Waals surface area contributed by atoms with Crippen molar-refractivity contribution in [2.45, 2.75) is 19.8 Å². The van der Waals surface area contributed by atoms with Gasteiger partial charge in [0, 0.05) is 0 Å². The van der Waals surface area contributed by atoms with Crippen molar-refractivity contribution in [1.29, 1.82) is 0 Å². The van der Waals surface area contributed by atoms with Gasteiger partial charge in [0.25, 0.3) is 20.2 Å². The summed E-state index contributed by atoms with van der Waals surface area (Å²) >= 11 is 0. The summed E-state index contributed by atoms with van der Waals surface area (Å²) in [6.07, 6.45) is 0.449. The van der Waals surface area contributed by atoms with Crippen LogP contribution in [0, 0.1) is 5.92 Å². The van der Waals surface area contributed by atoms with Gasteiger partial charge >= 0.3 is 0 Å². The van der Waals surface area contributed by atoms with Crippen LogP contribution in [0.4, 0.5) is 0 Å². The quantitative estimate of drug-likeness (QED) is 0.647. The van der Waals surface area contributed by atoms with Gasteiger partial charge in [-0.3, -0.25) is 9.11 Å². The van der Waals surface area contributed by atoms with Crippen molar-refractivity contribution in [2.24, 2.45) is 5.92 Å². The van der Waals surface area contributed by atoms with E-state index in [-0.39, 0.29) is 6.42 Å². The van der Waals surface area contributed by atoms with E-state index in [9.17, 15) is 16.8 Å². The molecular weight excluding hydrogens is 232 g/mol. The zero-order valence-electron chi connectivity index (χ0n) is 7.75. The zero-order chi connectivity index (χ0) is 11.4. The molecule has 0 saturated heterocycles. The molecule has 0 heterocycles. The second-order valence-electron chi connectivity index (χ2n) is 3.10. The van der Waals surface area contributed by atoms with E-state index in [2.05, 4.69) is 0 Å². The third kappa shape index (κ3) is 8.42. The van der Waals surface area contributed by atoms with Gasteiger partial charge in [0.1, 0.15) is 0 Å². The van der Waals surface area contributed by atoms with Crippen LogP contribution in [0.15, 0.2) is 0 Å². The summed E-state index contributed by atoms with van der Waals surface area (Å²) in [5.41, 5.74) is 0. The van der Waals surface area contributed by atoms with Gasteiger partial charge in [0.15, 0.2) is 0 Å². The smallest absolute Gasteiger partial charge is 0.265 e. The molecule has 8 heteroatoms. The van der Waals surface area contributed by atoms with Gasteiger partial charge in [0.05, 0.1) is 11.5 Å². The molecule has 0 aliphatic heterocycles. The molecule has 0 fully saturated rings. The molecule has 0 spiro atoms. The molecule has 0 radical (unpaired) electrons. The highest BCUT2D eigenvalue weighted by atomic mass is 32.2. The van der Waals surface area contributed by atoms with Crippen LogP contribution in [0.5, 0.6) is 0 Å². The average Bonchev–Trinajstić information content (AvgIpc) is 1.94. The third-order valence-corrected chi connectivity index (χ3v) is 3.45. The number of hydrogen-bond donors (Lipinski definition) is 2. The summed E-state index contributed by atoms with van der Waals surface area (Å²) in [5.74, 6) is -1.41. The minimum Gasteiger partial charge on any atom is -0.286 e. The molecular formula is C6H14O6S2. The number of hydrogen-bond acceptors (Lipinski definition) is 4. The van der Waals surface area contributed by atoms with Gasteiger partial charge in [-0.05, 0) is 12.3 Å². The van der Waals surface area contributed by atoms with E-state index in [0.717, 1.165) is 0 Å². The molecule has 6 nitrogen and oxygen atoms in total. The highest BCUT2D eigenvalue weighted by molar-refractivity contribution is 7.86. The topological polar surface area (TPSA) is 109 Å². The van der Waals surface area contributed by atoms with E-state index >= 15 is 0 Å². The maximum atomic E-state index is 10.5. The normalized spacial score (nSPS) is 15.4. The van der Waals surface area contributed by atoms with Crippen molar-refractivity contribution >= 4 is 20.2 Å². The van der Waals surface area contributed by atoms with Gasteiger partial charge < -0.3 is 0 Å². The Bertz CT molecular complexity index is 354. The maximum absolute atomic E-state index is 10.5. The Kier molecular flexibility index (Phi) is 4.99. The van der Waals surface area contributed by atoms with Crippen molar-refractivity contribution in [1.82, 2.24) is 0 Å². The first kappa shape index (κ1) is 13.8. The molecule has 0 aromatic carbocycles. The molecule has 14 heavy (non-hydrogen) atoms. The molecule has 0 aromatic heterocycles. The zero-order valence-corrected chi connectivity index (χ0v) is 9.38. The Labute approximate surface area is 83.8 Å². The Morgan fingerprint density at radius 3 is 1.86 bits per heavy atom. The van der Waals surface area contributed by atoms with Crippen LogP contribution in [-0.4, -0.2) is 37.4 Å². The summed E-state index contributed by atoms with van der Waals surface area (Å²) in [6, 6.07) is 0. The van der Waals surface area contributed by atoms with Crippen LogP contribution < -0.4 is 0 Å². The van der Waals surface area contributed by atoms with E-state index in [4.69, 9.17) is 9.11 Å². The van der Waals surface area contributed by atoms with Crippen molar-refractivity contribution < 1.29 is 25.9 Å². The SMILES string of the molecule is CCC(CCS(=O)(=O)O)CS(=O)(=O)O. The fourth-order valence-electron chi connectivity index (χ4n) is 1.02. The lowest BCUT2D eigenvalue weighted by Gasteiger charge is -2.10. The van der Waals surface area contributed by atoms with E-state index in [1.807, 2.05) is 0 Å². The third-order valence-electron chi connectivity index (χ3n) is 1.81. The fraction of sp³-hybridized carbons (Fsp3) is 1.00. The van der Waals surface area contributed by atoms with Crippen LogP contribution in [0.2, 0.25) is 0 Å². The summed E-state index contributed by atoms with van der Waals surface area (Å²) in [4.78, 5) is 0. The molecule has 0 rings (SSSR count). The second kappa shape index (κ2) is 5.06. The van der Waals surface area contributed by atoms with Crippen LogP contribution in [0.1, 0.15) is 19.8 Å². The van der Waals surface area contributed by atoms with E-state index in [1.165, 1.54) is 0 Å². The maximum Gasteiger partial charge on any atom is 0.265 e. The molecule has 0 saturated carbocycles. The fourth-order valence-corrected chi connectivity index (χ4v) is 2.65. The average molecular weight is 246 g/mol. The van der Waals surface area contributed by atoms with Crippen molar-refractivity contribution in [3.63, 3.8) is 0 Å². The first-order valence-corrected chi connectivity index (χ1v) is 7.26. The van der Waals surface area contributed by atoms with Gasteiger partial charge in [-0.2, -0.15) is 16.8 Å². The highest BCUT2D eigenvalue weighted by Crippen LogP contribution is 2.11. The summed E-state index contributed by atoms with van der Waals surface area (Å²) in [5, 5.41) is 0. The van der Waals surface area contributed by atoms with Gasteiger partial charge in [-0.1, -0.05) is 13.3 Å². The monoisotopic (exact) mass is 246 g/mol. The first-order valence-electron chi connectivity index (χ1n) is 4.04. The van der Waals surface area contributed by atoms with E-state index in [1.54, 1.807) is 6.92 Å². The van der Waals surface area contributed by atoms with Crippen LogP contribution >= 0.6 is 0 Å². The minimum atomic E-state index is -4.08. The van der Waals surface area contributed by atoms with E-state index < -0.39 is 37.7 Å².